The number of ether oxygens (including phenoxy) is 2. The van der Waals surface area contributed by atoms with Crippen molar-refractivity contribution in [3.8, 4) is 5.88 Å². The highest BCUT2D eigenvalue weighted by Gasteiger charge is 2.42. The summed E-state index contributed by atoms with van der Waals surface area (Å²) in [6, 6.07) is 3.02. The number of aryl methyl sites for hydroxylation is 1. The highest BCUT2D eigenvalue weighted by molar-refractivity contribution is 5.90. The third kappa shape index (κ3) is 7.77. The zero-order chi connectivity index (χ0) is 33.8. The minimum Gasteiger partial charge on any atom is -0.481 e. The van der Waals surface area contributed by atoms with Gasteiger partial charge in [-0.25, -0.2) is 19.7 Å². The number of aromatic nitrogens is 3. The summed E-state index contributed by atoms with van der Waals surface area (Å²) in [6.45, 7) is 3.03. The van der Waals surface area contributed by atoms with Crippen molar-refractivity contribution in [3.63, 3.8) is 0 Å². The second-order valence-electron chi connectivity index (χ2n) is 10.5. The SMILES string of the molecule is CCOC(=O)N1c2ccc(OC)nc2C(N(Cc2cc(C(F)(F)F)cc(C(F)(F)F)c2)c2ncc(CCC(=O)O)cn2)CC1CC. The molecule has 0 saturated heterocycles. The number of carboxylic acids is 1. The minimum absolute atomic E-state index is 0.0498. The van der Waals surface area contributed by atoms with Gasteiger partial charge in [0.15, 0.2) is 0 Å². The van der Waals surface area contributed by atoms with Crippen LogP contribution < -0.4 is 14.5 Å². The lowest BCUT2D eigenvalue weighted by Gasteiger charge is -2.43. The van der Waals surface area contributed by atoms with Crippen molar-refractivity contribution in [2.45, 2.75) is 70.5 Å². The van der Waals surface area contributed by atoms with Crippen LogP contribution in [-0.4, -0.2) is 51.9 Å². The number of rotatable bonds is 10. The maximum Gasteiger partial charge on any atom is 0.416 e. The Labute approximate surface area is 260 Å². The van der Waals surface area contributed by atoms with E-state index < -0.39 is 54.2 Å². The fourth-order valence-corrected chi connectivity index (χ4v) is 5.25. The molecule has 4 rings (SSSR count). The number of anilines is 2. The predicted octanol–water partition coefficient (Wildman–Crippen LogP) is 6.83. The number of halogens is 6. The van der Waals surface area contributed by atoms with Gasteiger partial charge in [0.1, 0.15) is 0 Å². The number of carbonyl (C=O) groups excluding carboxylic acids is 1. The van der Waals surface area contributed by atoms with Crippen molar-refractivity contribution in [1.82, 2.24) is 15.0 Å². The van der Waals surface area contributed by atoms with Crippen molar-refractivity contribution in [2.75, 3.05) is 23.5 Å². The van der Waals surface area contributed by atoms with Gasteiger partial charge in [0, 0.05) is 37.5 Å². The molecule has 1 aromatic carbocycles. The van der Waals surface area contributed by atoms with E-state index in [9.17, 15) is 35.9 Å². The standard InChI is InChI=1S/C30H31F6N5O5/c1-4-21-13-23(26-22(7-8-24(39-26)45-3)41(21)28(44)46-5-2)40(27-37-14-17(15-38-27)6-9-25(42)43)16-18-10-19(29(31,32)33)12-20(11-18)30(34,35)36/h7-8,10-12,14-15,21,23H,4-6,9,13,16H2,1-3H3,(H,42,43). The number of pyridine rings is 1. The van der Waals surface area contributed by atoms with Crippen molar-refractivity contribution in [3.05, 3.63) is 70.7 Å². The summed E-state index contributed by atoms with van der Waals surface area (Å²) in [4.78, 5) is 40.2. The molecule has 3 aromatic rings. The van der Waals surface area contributed by atoms with Crippen molar-refractivity contribution >= 4 is 23.7 Å². The summed E-state index contributed by atoms with van der Waals surface area (Å²) in [5, 5.41) is 9.03. The maximum absolute atomic E-state index is 13.8. The zero-order valence-electron chi connectivity index (χ0n) is 25.0. The Kier molecular flexibility index (Phi) is 10.3. The fourth-order valence-electron chi connectivity index (χ4n) is 5.25. The summed E-state index contributed by atoms with van der Waals surface area (Å²) in [5.74, 6) is -0.970. The van der Waals surface area contributed by atoms with Gasteiger partial charge in [-0.05, 0) is 61.6 Å². The van der Waals surface area contributed by atoms with Crippen LogP contribution in [0.4, 0.5) is 42.8 Å². The molecule has 16 heteroatoms. The number of aliphatic carboxylic acids is 1. The lowest BCUT2D eigenvalue weighted by molar-refractivity contribution is -0.143. The number of hydrogen-bond acceptors (Lipinski definition) is 8. The molecule has 0 bridgehead atoms. The first-order valence-corrected chi connectivity index (χ1v) is 14.2. The van der Waals surface area contributed by atoms with E-state index >= 15 is 0 Å². The first-order valence-electron chi connectivity index (χ1n) is 14.2. The van der Waals surface area contributed by atoms with Gasteiger partial charge in [-0.1, -0.05) is 6.92 Å². The largest absolute Gasteiger partial charge is 0.481 e. The maximum atomic E-state index is 13.8. The van der Waals surface area contributed by atoms with Crippen LogP contribution in [0.2, 0.25) is 0 Å². The van der Waals surface area contributed by atoms with Crippen LogP contribution in [0.25, 0.3) is 0 Å². The van der Waals surface area contributed by atoms with Gasteiger partial charge in [-0.15, -0.1) is 0 Å². The van der Waals surface area contributed by atoms with E-state index in [-0.39, 0.29) is 55.0 Å². The van der Waals surface area contributed by atoms with E-state index in [0.717, 1.165) is 0 Å². The summed E-state index contributed by atoms with van der Waals surface area (Å²) < 4.78 is 93.2. The molecule has 0 aliphatic carbocycles. The molecule has 2 atom stereocenters. The third-order valence-electron chi connectivity index (χ3n) is 7.41. The smallest absolute Gasteiger partial charge is 0.416 e. The quantitative estimate of drug-likeness (QED) is 0.235. The van der Waals surface area contributed by atoms with E-state index in [1.807, 2.05) is 6.92 Å². The van der Waals surface area contributed by atoms with Crippen LogP contribution >= 0.6 is 0 Å². The van der Waals surface area contributed by atoms with Crippen LogP contribution in [-0.2, 0) is 34.8 Å². The molecule has 1 amide bonds. The lowest BCUT2D eigenvalue weighted by atomic mass is 9.92. The van der Waals surface area contributed by atoms with Crippen LogP contribution in [0.3, 0.4) is 0 Å². The van der Waals surface area contributed by atoms with Gasteiger partial charge in [0.2, 0.25) is 11.8 Å². The van der Waals surface area contributed by atoms with E-state index in [2.05, 4.69) is 15.0 Å². The molecule has 0 spiro atoms. The second-order valence-corrected chi connectivity index (χ2v) is 10.5. The number of amides is 1. The van der Waals surface area contributed by atoms with Gasteiger partial charge >= 0.3 is 24.4 Å². The van der Waals surface area contributed by atoms with Gasteiger partial charge < -0.3 is 19.5 Å². The second kappa shape index (κ2) is 13.8. The summed E-state index contributed by atoms with van der Waals surface area (Å²) >= 11 is 0. The molecule has 10 nitrogen and oxygen atoms in total. The highest BCUT2D eigenvalue weighted by atomic mass is 19.4. The van der Waals surface area contributed by atoms with Crippen molar-refractivity contribution in [2.24, 2.45) is 0 Å². The summed E-state index contributed by atoms with van der Waals surface area (Å²) in [7, 11) is 1.36. The van der Waals surface area contributed by atoms with Gasteiger partial charge in [0.25, 0.3) is 0 Å². The number of carbonyl (C=O) groups is 2. The number of carboxylic acid groups (broad SMARTS) is 1. The van der Waals surface area contributed by atoms with Crippen LogP contribution in [0, 0.1) is 0 Å². The molecule has 1 aliphatic heterocycles. The molecule has 46 heavy (non-hydrogen) atoms. The molecule has 0 fully saturated rings. The zero-order valence-corrected chi connectivity index (χ0v) is 25.0. The minimum atomic E-state index is -5.07. The van der Waals surface area contributed by atoms with Crippen molar-refractivity contribution < 1.29 is 50.5 Å². The lowest BCUT2D eigenvalue weighted by Crippen LogP contribution is -2.48. The number of hydrogen-bond donors (Lipinski definition) is 1. The molecule has 2 aromatic heterocycles. The highest BCUT2D eigenvalue weighted by Crippen LogP contribution is 2.44. The fraction of sp³-hybridized carbons (Fsp3) is 0.433. The van der Waals surface area contributed by atoms with E-state index in [0.29, 0.717) is 29.8 Å². The molecule has 0 radical (unpaired) electrons. The molecule has 1 N–H and O–H groups in total. The molecule has 0 saturated carbocycles. The van der Waals surface area contributed by atoms with E-state index in [1.54, 1.807) is 13.0 Å². The average Bonchev–Trinajstić information content (AvgIpc) is 3.01. The molecule has 248 valence electrons. The molecule has 1 aliphatic rings. The van der Waals surface area contributed by atoms with E-state index in [4.69, 9.17) is 14.6 Å². The Morgan fingerprint density at radius 1 is 1.00 bits per heavy atom. The van der Waals surface area contributed by atoms with Crippen LogP contribution in [0.1, 0.15) is 67.1 Å². The predicted molar refractivity (Wildman–Crippen MR) is 152 cm³/mol. The van der Waals surface area contributed by atoms with E-state index in [1.165, 1.54) is 35.4 Å². The first-order chi connectivity index (χ1) is 21.7. The molecule has 3 heterocycles. The normalized spacial score (nSPS) is 16.5. The number of nitrogens with zero attached hydrogens (tertiary/aromatic N) is 5. The first kappa shape index (κ1) is 34.2. The number of fused-ring (bicyclic) bond motifs is 1. The van der Waals surface area contributed by atoms with Gasteiger partial charge in [-0.3, -0.25) is 9.69 Å². The number of alkyl halides is 6. The Hall–Kier alpha value is -4.63. The summed E-state index contributed by atoms with van der Waals surface area (Å²) in [6.07, 6.45) is -7.69. The monoisotopic (exact) mass is 655 g/mol. The summed E-state index contributed by atoms with van der Waals surface area (Å²) in [5.41, 5.74) is -2.29. The number of methoxy groups -OCH3 is 1. The molecular weight excluding hydrogens is 624 g/mol. The molecule has 2 unspecified atom stereocenters. The van der Waals surface area contributed by atoms with Crippen molar-refractivity contribution in [1.29, 1.82) is 0 Å². The average molecular weight is 656 g/mol. The van der Waals surface area contributed by atoms with Gasteiger partial charge in [0.05, 0.1) is 42.3 Å². The Morgan fingerprint density at radius 2 is 1.63 bits per heavy atom. The van der Waals surface area contributed by atoms with Crippen LogP contribution in [0.5, 0.6) is 5.88 Å². The van der Waals surface area contributed by atoms with Crippen LogP contribution in [0.15, 0.2) is 42.7 Å². The Balaban J connectivity index is 1.90. The Morgan fingerprint density at radius 3 is 2.15 bits per heavy atom. The number of benzene rings is 1. The Bertz CT molecular complexity index is 1520. The molecular formula is C30H31F6N5O5. The topological polar surface area (TPSA) is 118 Å². The third-order valence-corrected chi connectivity index (χ3v) is 7.41. The van der Waals surface area contributed by atoms with Gasteiger partial charge in [-0.2, -0.15) is 26.3 Å².